The lowest BCUT2D eigenvalue weighted by atomic mass is 10.1. The SMILES string of the molecule is Cc1cccc(OCCN(C)C(=O)c2ccc(S(=O)(=O)Nc3cccc(C)c3C)cc2)c1. The minimum Gasteiger partial charge on any atom is -0.492 e. The fourth-order valence-electron chi connectivity index (χ4n) is 3.17. The molecule has 6 nitrogen and oxygen atoms in total. The molecule has 0 aromatic heterocycles. The zero-order valence-corrected chi connectivity index (χ0v) is 19.6. The standard InChI is InChI=1S/C25H28N2O4S/c1-18-7-5-9-22(17-18)31-16-15-27(4)25(28)21-11-13-23(14-12-21)32(29,30)26-24-10-6-8-19(2)20(24)3/h5-14,17,26H,15-16H2,1-4H3. The topological polar surface area (TPSA) is 75.7 Å². The Hall–Kier alpha value is -3.32. The van der Waals surface area contributed by atoms with Crippen LogP contribution in [0.1, 0.15) is 27.0 Å². The van der Waals surface area contributed by atoms with Gasteiger partial charge in [0.15, 0.2) is 0 Å². The first-order chi connectivity index (χ1) is 15.2. The summed E-state index contributed by atoms with van der Waals surface area (Å²) in [5.74, 6) is 0.557. The van der Waals surface area contributed by atoms with Crippen molar-refractivity contribution in [3.05, 3.63) is 89.0 Å². The summed E-state index contributed by atoms with van der Waals surface area (Å²) in [5.41, 5.74) is 3.93. The van der Waals surface area contributed by atoms with E-state index in [1.165, 1.54) is 24.3 Å². The number of hydrogen-bond acceptors (Lipinski definition) is 4. The molecule has 0 spiro atoms. The van der Waals surface area contributed by atoms with Crippen LogP contribution in [-0.4, -0.2) is 39.4 Å². The van der Waals surface area contributed by atoms with Gasteiger partial charge in [-0.15, -0.1) is 0 Å². The monoisotopic (exact) mass is 452 g/mol. The van der Waals surface area contributed by atoms with Gasteiger partial charge in [0.1, 0.15) is 12.4 Å². The molecule has 32 heavy (non-hydrogen) atoms. The number of ether oxygens (including phenoxy) is 1. The Morgan fingerprint density at radius 2 is 1.66 bits per heavy atom. The number of hydrogen-bond donors (Lipinski definition) is 1. The largest absolute Gasteiger partial charge is 0.492 e. The molecule has 3 rings (SSSR count). The zero-order valence-electron chi connectivity index (χ0n) is 18.8. The molecule has 3 aromatic carbocycles. The molecule has 0 bridgehead atoms. The molecule has 1 N–H and O–H groups in total. The highest BCUT2D eigenvalue weighted by molar-refractivity contribution is 7.92. The summed E-state index contributed by atoms with van der Waals surface area (Å²) in [6.45, 7) is 6.55. The maximum atomic E-state index is 12.8. The summed E-state index contributed by atoms with van der Waals surface area (Å²) in [6.07, 6.45) is 0. The van der Waals surface area contributed by atoms with E-state index in [0.29, 0.717) is 24.4 Å². The normalized spacial score (nSPS) is 11.1. The Labute approximate surface area is 189 Å². The molecule has 1 amide bonds. The number of carbonyl (C=O) groups is 1. The van der Waals surface area contributed by atoms with Crippen LogP contribution in [0.5, 0.6) is 5.75 Å². The third-order valence-electron chi connectivity index (χ3n) is 5.29. The number of sulfonamides is 1. The van der Waals surface area contributed by atoms with Gasteiger partial charge in [0, 0.05) is 12.6 Å². The van der Waals surface area contributed by atoms with E-state index >= 15 is 0 Å². The van der Waals surface area contributed by atoms with E-state index in [4.69, 9.17) is 4.74 Å². The van der Waals surface area contributed by atoms with E-state index in [1.54, 1.807) is 24.1 Å². The smallest absolute Gasteiger partial charge is 0.261 e. The van der Waals surface area contributed by atoms with Gasteiger partial charge in [0.25, 0.3) is 15.9 Å². The third-order valence-corrected chi connectivity index (χ3v) is 6.67. The lowest BCUT2D eigenvalue weighted by Crippen LogP contribution is -2.30. The van der Waals surface area contributed by atoms with Crippen molar-refractivity contribution in [3.8, 4) is 5.75 Å². The number of benzene rings is 3. The molecular weight excluding hydrogens is 424 g/mol. The summed E-state index contributed by atoms with van der Waals surface area (Å²) in [6, 6.07) is 19.1. The lowest BCUT2D eigenvalue weighted by molar-refractivity contribution is 0.0773. The van der Waals surface area contributed by atoms with Crippen LogP contribution in [0.15, 0.2) is 71.6 Å². The number of rotatable bonds is 8. The molecule has 168 valence electrons. The van der Waals surface area contributed by atoms with Gasteiger partial charge in [-0.2, -0.15) is 0 Å². The number of nitrogens with zero attached hydrogens (tertiary/aromatic N) is 1. The number of carbonyl (C=O) groups excluding carboxylic acids is 1. The molecule has 3 aromatic rings. The van der Waals surface area contributed by atoms with Gasteiger partial charge in [0.05, 0.1) is 17.1 Å². The molecule has 0 aliphatic heterocycles. The van der Waals surface area contributed by atoms with Crippen molar-refractivity contribution in [2.24, 2.45) is 0 Å². The van der Waals surface area contributed by atoms with Crippen LogP contribution in [0.25, 0.3) is 0 Å². The average Bonchev–Trinajstić information content (AvgIpc) is 2.76. The van der Waals surface area contributed by atoms with Crippen LogP contribution in [0.4, 0.5) is 5.69 Å². The highest BCUT2D eigenvalue weighted by atomic mass is 32.2. The Balaban J connectivity index is 1.62. The first kappa shape index (κ1) is 23.3. The van der Waals surface area contributed by atoms with E-state index in [-0.39, 0.29) is 10.8 Å². The van der Waals surface area contributed by atoms with Crippen LogP contribution in [0, 0.1) is 20.8 Å². The minimum atomic E-state index is -3.76. The van der Waals surface area contributed by atoms with Gasteiger partial charge in [-0.1, -0.05) is 24.3 Å². The number of likely N-dealkylation sites (N-methyl/N-ethyl adjacent to an activating group) is 1. The quantitative estimate of drug-likeness (QED) is 0.543. The average molecular weight is 453 g/mol. The van der Waals surface area contributed by atoms with Crippen molar-refractivity contribution in [3.63, 3.8) is 0 Å². The summed E-state index contributed by atoms with van der Waals surface area (Å²) >= 11 is 0. The molecule has 7 heteroatoms. The molecule has 0 saturated carbocycles. The highest BCUT2D eigenvalue weighted by Crippen LogP contribution is 2.22. The Morgan fingerprint density at radius 1 is 0.969 bits per heavy atom. The predicted octanol–water partition coefficient (Wildman–Crippen LogP) is 4.56. The third kappa shape index (κ3) is 5.68. The predicted molar refractivity (Wildman–Crippen MR) is 127 cm³/mol. The second-order valence-electron chi connectivity index (χ2n) is 7.77. The van der Waals surface area contributed by atoms with Crippen LogP contribution >= 0.6 is 0 Å². The molecular formula is C25H28N2O4S. The van der Waals surface area contributed by atoms with E-state index in [2.05, 4.69) is 4.72 Å². The van der Waals surface area contributed by atoms with Crippen molar-refractivity contribution < 1.29 is 17.9 Å². The van der Waals surface area contributed by atoms with Crippen LogP contribution < -0.4 is 9.46 Å². The van der Waals surface area contributed by atoms with Crippen molar-refractivity contribution in [2.45, 2.75) is 25.7 Å². The van der Waals surface area contributed by atoms with Gasteiger partial charge in [-0.25, -0.2) is 8.42 Å². The van der Waals surface area contributed by atoms with Crippen LogP contribution in [0.2, 0.25) is 0 Å². The second-order valence-corrected chi connectivity index (χ2v) is 9.45. The Morgan fingerprint density at radius 3 is 2.34 bits per heavy atom. The molecule has 0 radical (unpaired) electrons. The lowest BCUT2D eigenvalue weighted by Gasteiger charge is -2.18. The molecule has 0 saturated heterocycles. The number of anilines is 1. The Kier molecular flexibility index (Phi) is 7.20. The molecule has 0 aliphatic rings. The maximum Gasteiger partial charge on any atom is 0.261 e. The van der Waals surface area contributed by atoms with Gasteiger partial charge in [-0.05, 0) is 79.9 Å². The summed E-state index contributed by atoms with van der Waals surface area (Å²) in [4.78, 5) is 14.3. The number of amides is 1. The summed E-state index contributed by atoms with van der Waals surface area (Å²) in [7, 11) is -2.07. The van der Waals surface area contributed by atoms with Crippen molar-refractivity contribution in [1.29, 1.82) is 0 Å². The molecule has 0 unspecified atom stereocenters. The highest BCUT2D eigenvalue weighted by Gasteiger charge is 2.18. The zero-order chi connectivity index (χ0) is 23.3. The maximum absolute atomic E-state index is 12.8. The van der Waals surface area contributed by atoms with Crippen LogP contribution in [0.3, 0.4) is 0 Å². The molecule has 0 atom stereocenters. The van der Waals surface area contributed by atoms with E-state index in [1.807, 2.05) is 51.1 Å². The van der Waals surface area contributed by atoms with E-state index in [9.17, 15) is 13.2 Å². The molecule has 0 fully saturated rings. The second kappa shape index (κ2) is 9.87. The van der Waals surface area contributed by atoms with Crippen molar-refractivity contribution in [2.75, 3.05) is 24.9 Å². The van der Waals surface area contributed by atoms with E-state index in [0.717, 1.165) is 22.4 Å². The molecule has 0 aliphatic carbocycles. The van der Waals surface area contributed by atoms with Gasteiger partial charge in [-0.3, -0.25) is 9.52 Å². The van der Waals surface area contributed by atoms with Gasteiger partial charge >= 0.3 is 0 Å². The first-order valence-corrected chi connectivity index (χ1v) is 11.8. The van der Waals surface area contributed by atoms with E-state index < -0.39 is 10.0 Å². The Bertz CT molecular complexity index is 1200. The minimum absolute atomic E-state index is 0.0976. The summed E-state index contributed by atoms with van der Waals surface area (Å²) < 4.78 is 33.8. The van der Waals surface area contributed by atoms with Crippen molar-refractivity contribution in [1.82, 2.24) is 4.90 Å². The van der Waals surface area contributed by atoms with Gasteiger partial charge < -0.3 is 9.64 Å². The van der Waals surface area contributed by atoms with Gasteiger partial charge in [0.2, 0.25) is 0 Å². The first-order valence-electron chi connectivity index (χ1n) is 10.3. The van der Waals surface area contributed by atoms with Crippen molar-refractivity contribution >= 4 is 21.6 Å². The summed E-state index contributed by atoms with van der Waals surface area (Å²) in [5, 5.41) is 0. The number of aryl methyl sites for hydroxylation is 2. The van der Waals surface area contributed by atoms with Crippen LogP contribution in [-0.2, 0) is 10.0 Å². The fourth-order valence-corrected chi connectivity index (χ4v) is 4.29. The number of nitrogens with one attached hydrogen (secondary N) is 1. The fraction of sp³-hybridized carbons (Fsp3) is 0.240. The molecule has 0 heterocycles.